The SMILES string of the molecule is Cc1ccc(S(=O)(=O)N2CCCCC2)cc1NC(=O)COC(=O)c1ccn(C)c(=O)c1. The molecule has 0 saturated carbocycles. The second-order valence-corrected chi connectivity index (χ2v) is 9.37. The van der Waals surface area contributed by atoms with E-state index in [1.54, 1.807) is 20.0 Å². The van der Waals surface area contributed by atoms with Crippen molar-refractivity contribution in [3.63, 3.8) is 0 Å². The topological polar surface area (TPSA) is 115 Å². The molecule has 31 heavy (non-hydrogen) atoms. The van der Waals surface area contributed by atoms with Crippen molar-refractivity contribution >= 4 is 27.6 Å². The third-order valence-electron chi connectivity index (χ3n) is 5.11. The predicted octanol–water partition coefficient (Wildman–Crippen LogP) is 1.66. The molecule has 10 heteroatoms. The molecule has 1 aromatic carbocycles. The summed E-state index contributed by atoms with van der Waals surface area (Å²) in [6.07, 6.45) is 4.09. The van der Waals surface area contributed by atoms with Crippen LogP contribution < -0.4 is 10.9 Å². The van der Waals surface area contributed by atoms with Gasteiger partial charge >= 0.3 is 5.97 Å². The largest absolute Gasteiger partial charge is 0.452 e. The molecule has 1 aromatic heterocycles. The molecule has 0 bridgehead atoms. The third kappa shape index (κ3) is 5.39. The van der Waals surface area contributed by atoms with E-state index in [0.29, 0.717) is 24.3 Å². The van der Waals surface area contributed by atoms with E-state index in [0.717, 1.165) is 25.3 Å². The molecule has 166 valence electrons. The van der Waals surface area contributed by atoms with Crippen LogP contribution >= 0.6 is 0 Å². The highest BCUT2D eigenvalue weighted by Gasteiger charge is 2.26. The Morgan fingerprint density at radius 3 is 2.48 bits per heavy atom. The first-order valence-electron chi connectivity index (χ1n) is 9.93. The zero-order valence-electron chi connectivity index (χ0n) is 17.5. The summed E-state index contributed by atoms with van der Waals surface area (Å²) in [4.78, 5) is 36.0. The van der Waals surface area contributed by atoms with E-state index in [1.807, 2.05) is 0 Å². The van der Waals surface area contributed by atoms with Crippen LogP contribution in [0.2, 0.25) is 0 Å². The van der Waals surface area contributed by atoms with Crippen molar-refractivity contribution in [2.45, 2.75) is 31.1 Å². The maximum atomic E-state index is 12.9. The third-order valence-corrected chi connectivity index (χ3v) is 7.00. The normalized spacial score (nSPS) is 14.8. The van der Waals surface area contributed by atoms with Gasteiger partial charge in [-0.05, 0) is 43.5 Å². The van der Waals surface area contributed by atoms with Crippen LogP contribution in [0.5, 0.6) is 0 Å². The molecule has 3 rings (SSSR count). The van der Waals surface area contributed by atoms with Crippen molar-refractivity contribution < 1.29 is 22.7 Å². The van der Waals surface area contributed by atoms with Gasteiger partial charge in [-0.15, -0.1) is 0 Å². The summed E-state index contributed by atoms with van der Waals surface area (Å²) in [7, 11) is -2.09. The van der Waals surface area contributed by atoms with Gasteiger partial charge in [-0.1, -0.05) is 12.5 Å². The number of aryl methyl sites for hydroxylation is 2. The van der Waals surface area contributed by atoms with Crippen molar-refractivity contribution in [3.8, 4) is 0 Å². The Morgan fingerprint density at radius 1 is 1.10 bits per heavy atom. The molecule has 1 aliphatic rings. The number of nitrogens with zero attached hydrogens (tertiary/aromatic N) is 2. The lowest BCUT2D eigenvalue weighted by atomic mass is 10.2. The van der Waals surface area contributed by atoms with Crippen LogP contribution in [-0.2, 0) is 26.6 Å². The van der Waals surface area contributed by atoms with Gasteiger partial charge in [0.05, 0.1) is 10.5 Å². The Kier molecular flexibility index (Phi) is 6.91. The molecule has 0 atom stereocenters. The molecule has 2 heterocycles. The van der Waals surface area contributed by atoms with Gasteiger partial charge in [0, 0.05) is 38.1 Å². The van der Waals surface area contributed by atoms with E-state index in [9.17, 15) is 22.8 Å². The highest BCUT2D eigenvalue weighted by atomic mass is 32.2. The minimum atomic E-state index is -3.64. The summed E-state index contributed by atoms with van der Waals surface area (Å²) >= 11 is 0. The summed E-state index contributed by atoms with van der Waals surface area (Å²) < 4.78 is 33.5. The van der Waals surface area contributed by atoms with E-state index < -0.39 is 28.5 Å². The number of hydrogen-bond acceptors (Lipinski definition) is 6. The van der Waals surface area contributed by atoms with Gasteiger partial charge in [0.2, 0.25) is 10.0 Å². The van der Waals surface area contributed by atoms with Crippen LogP contribution in [0.1, 0.15) is 35.2 Å². The van der Waals surface area contributed by atoms with E-state index >= 15 is 0 Å². The number of piperidine rings is 1. The van der Waals surface area contributed by atoms with E-state index in [2.05, 4.69) is 5.32 Å². The minimum Gasteiger partial charge on any atom is -0.452 e. The molecule has 0 aliphatic carbocycles. The van der Waals surface area contributed by atoms with Gasteiger partial charge in [0.1, 0.15) is 0 Å². The number of amides is 1. The summed E-state index contributed by atoms with van der Waals surface area (Å²) in [5, 5.41) is 2.59. The zero-order valence-corrected chi connectivity index (χ0v) is 18.3. The summed E-state index contributed by atoms with van der Waals surface area (Å²) in [6, 6.07) is 7.10. The van der Waals surface area contributed by atoms with Crippen LogP contribution in [0.25, 0.3) is 0 Å². The number of nitrogens with one attached hydrogen (secondary N) is 1. The number of pyridine rings is 1. The Labute approximate surface area is 180 Å². The molecule has 0 spiro atoms. The average molecular weight is 448 g/mol. The Morgan fingerprint density at radius 2 is 1.81 bits per heavy atom. The molecule has 1 N–H and O–H groups in total. The van der Waals surface area contributed by atoms with E-state index in [4.69, 9.17) is 4.74 Å². The zero-order chi connectivity index (χ0) is 22.6. The van der Waals surface area contributed by atoms with Gasteiger partial charge in [-0.2, -0.15) is 4.31 Å². The Bertz CT molecular complexity index is 1150. The number of ether oxygens (including phenoxy) is 1. The van der Waals surface area contributed by atoms with Crippen molar-refractivity contribution in [1.82, 2.24) is 8.87 Å². The molecule has 0 radical (unpaired) electrons. The first kappa shape index (κ1) is 22.7. The number of benzene rings is 1. The molecular weight excluding hydrogens is 422 g/mol. The highest BCUT2D eigenvalue weighted by molar-refractivity contribution is 7.89. The number of rotatable bonds is 6. The average Bonchev–Trinajstić information content (AvgIpc) is 2.76. The summed E-state index contributed by atoms with van der Waals surface area (Å²) in [6.45, 7) is 2.13. The van der Waals surface area contributed by atoms with Gasteiger partial charge in [0.15, 0.2) is 6.61 Å². The maximum Gasteiger partial charge on any atom is 0.338 e. The number of esters is 1. The molecular formula is C21H25N3O6S. The second-order valence-electron chi connectivity index (χ2n) is 7.43. The number of carbonyl (C=O) groups is 2. The number of anilines is 1. The molecule has 1 amide bonds. The lowest BCUT2D eigenvalue weighted by molar-refractivity contribution is -0.119. The minimum absolute atomic E-state index is 0.0432. The van der Waals surface area contributed by atoms with Crippen LogP contribution in [0.3, 0.4) is 0 Å². The first-order chi connectivity index (χ1) is 14.7. The fraction of sp³-hybridized carbons (Fsp3) is 0.381. The molecule has 0 unspecified atom stereocenters. The van der Waals surface area contributed by atoms with Gasteiger partial charge in [-0.25, -0.2) is 13.2 Å². The second kappa shape index (κ2) is 9.44. The predicted molar refractivity (Wildman–Crippen MR) is 114 cm³/mol. The standard InChI is InChI=1S/C21H25N3O6S/c1-15-6-7-17(31(28,29)24-9-4-3-5-10-24)13-18(15)22-19(25)14-30-21(27)16-8-11-23(2)20(26)12-16/h6-8,11-13H,3-5,9-10,14H2,1-2H3,(H,22,25). The number of carbonyl (C=O) groups excluding carboxylic acids is 2. The van der Waals surface area contributed by atoms with Gasteiger partial charge in [-0.3, -0.25) is 9.59 Å². The van der Waals surface area contributed by atoms with Crippen molar-refractivity contribution in [2.75, 3.05) is 25.0 Å². The lowest BCUT2D eigenvalue weighted by Gasteiger charge is -2.26. The van der Waals surface area contributed by atoms with Crippen molar-refractivity contribution in [2.24, 2.45) is 7.05 Å². The molecule has 1 aliphatic heterocycles. The Balaban J connectivity index is 1.67. The van der Waals surface area contributed by atoms with E-state index in [-0.39, 0.29) is 16.0 Å². The number of hydrogen-bond donors (Lipinski definition) is 1. The fourth-order valence-electron chi connectivity index (χ4n) is 3.23. The van der Waals surface area contributed by atoms with Gasteiger partial charge < -0.3 is 14.6 Å². The number of sulfonamides is 1. The quantitative estimate of drug-likeness (QED) is 0.674. The highest BCUT2D eigenvalue weighted by Crippen LogP contribution is 2.25. The Hall–Kier alpha value is -2.98. The molecule has 1 saturated heterocycles. The summed E-state index contributed by atoms with van der Waals surface area (Å²) in [5.74, 6) is -1.42. The van der Waals surface area contributed by atoms with Crippen LogP contribution in [-0.4, -0.2) is 48.9 Å². The molecule has 2 aromatic rings. The monoisotopic (exact) mass is 447 g/mol. The summed E-state index contributed by atoms with van der Waals surface area (Å²) in [5.41, 5.74) is 0.666. The maximum absolute atomic E-state index is 12.9. The van der Waals surface area contributed by atoms with E-state index in [1.165, 1.54) is 33.3 Å². The molecule has 9 nitrogen and oxygen atoms in total. The number of aromatic nitrogens is 1. The first-order valence-corrected chi connectivity index (χ1v) is 11.4. The van der Waals surface area contributed by atoms with Crippen LogP contribution in [0.4, 0.5) is 5.69 Å². The van der Waals surface area contributed by atoms with Crippen LogP contribution in [0, 0.1) is 6.92 Å². The van der Waals surface area contributed by atoms with Gasteiger partial charge in [0.25, 0.3) is 11.5 Å². The molecule has 1 fully saturated rings. The van der Waals surface area contributed by atoms with Crippen LogP contribution in [0.15, 0.2) is 46.2 Å². The van der Waals surface area contributed by atoms with Crippen molar-refractivity contribution in [1.29, 1.82) is 0 Å². The van der Waals surface area contributed by atoms with Crippen molar-refractivity contribution in [3.05, 3.63) is 58.0 Å². The lowest BCUT2D eigenvalue weighted by Crippen LogP contribution is -2.35. The smallest absolute Gasteiger partial charge is 0.338 e. The fourth-order valence-corrected chi connectivity index (χ4v) is 4.77.